The lowest BCUT2D eigenvalue weighted by Gasteiger charge is -2.11. The summed E-state index contributed by atoms with van der Waals surface area (Å²) in [6.07, 6.45) is -0.358. The average Bonchev–Trinajstić information content (AvgIpc) is 2.46. The van der Waals surface area contributed by atoms with Crippen molar-refractivity contribution in [1.82, 2.24) is 0 Å². The van der Waals surface area contributed by atoms with E-state index in [0.717, 1.165) is 4.88 Å². The summed E-state index contributed by atoms with van der Waals surface area (Å²) in [5.41, 5.74) is 0. The highest BCUT2D eigenvalue weighted by molar-refractivity contribution is 7.12. The zero-order valence-electron chi connectivity index (χ0n) is 8.16. The Morgan fingerprint density at radius 1 is 1.62 bits per heavy atom. The molecule has 1 unspecified atom stereocenters. The molecular weight excluding hydrogens is 184 g/mol. The third-order valence-electron chi connectivity index (χ3n) is 1.72. The van der Waals surface area contributed by atoms with Crippen molar-refractivity contribution >= 4 is 17.1 Å². The van der Waals surface area contributed by atoms with Crippen molar-refractivity contribution in [2.24, 2.45) is 0 Å². The summed E-state index contributed by atoms with van der Waals surface area (Å²) in [6, 6.07) is 3.97. The minimum Gasteiger partial charge on any atom is -0.365 e. The van der Waals surface area contributed by atoms with Crippen LogP contribution < -0.4 is 0 Å². The fourth-order valence-corrected chi connectivity index (χ4v) is 2.15. The van der Waals surface area contributed by atoms with Crippen LogP contribution in [0.25, 0.3) is 0 Å². The maximum absolute atomic E-state index is 11.2. The molecule has 1 aromatic rings. The molecule has 1 aromatic heterocycles. The molecule has 0 aromatic carbocycles. The fraction of sp³-hybridized carbons (Fsp3) is 0.500. The number of hydrogen-bond acceptors (Lipinski definition) is 3. The molecule has 13 heavy (non-hydrogen) atoms. The molecule has 0 spiro atoms. The van der Waals surface area contributed by atoms with E-state index in [4.69, 9.17) is 4.74 Å². The molecule has 0 amide bonds. The maximum Gasteiger partial charge on any atom is 0.163 e. The summed E-state index contributed by atoms with van der Waals surface area (Å²) in [5, 5.41) is 0. The van der Waals surface area contributed by atoms with E-state index >= 15 is 0 Å². The Bertz CT molecular complexity index is 291. The van der Waals surface area contributed by atoms with Crippen LogP contribution in [0.2, 0.25) is 0 Å². The lowest BCUT2D eigenvalue weighted by molar-refractivity contribution is -0.128. The van der Waals surface area contributed by atoms with Gasteiger partial charge in [0.1, 0.15) is 6.10 Å². The highest BCUT2D eigenvalue weighted by Crippen LogP contribution is 2.26. The molecule has 0 saturated carbocycles. The van der Waals surface area contributed by atoms with Crippen molar-refractivity contribution in [3.8, 4) is 0 Å². The number of hydrogen-bond donors (Lipinski definition) is 0. The first-order valence-electron chi connectivity index (χ1n) is 4.33. The number of thiophene rings is 1. The Morgan fingerprint density at radius 2 is 2.31 bits per heavy atom. The number of carbonyl (C=O) groups excluding carboxylic acids is 1. The maximum atomic E-state index is 11.2. The van der Waals surface area contributed by atoms with Crippen LogP contribution in [0, 0.1) is 6.92 Å². The van der Waals surface area contributed by atoms with Gasteiger partial charge in [0.05, 0.1) is 0 Å². The highest BCUT2D eigenvalue weighted by Gasteiger charge is 2.17. The molecule has 0 fully saturated rings. The first kappa shape index (κ1) is 10.4. The molecular formula is C10H14O2S. The van der Waals surface area contributed by atoms with Gasteiger partial charge >= 0.3 is 0 Å². The Balaban J connectivity index is 2.81. The SMILES string of the molecule is CCOC(C(C)=O)c1ccc(C)s1. The quantitative estimate of drug-likeness (QED) is 0.743. The molecule has 72 valence electrons. The average molecular weight is 198 g/mol. The number of rotatable bonds is 4. The van der Waals surface area contributed by atoms with Gasteiger partial charge in [0.25, 0.3) is 0 Å². The van der Waals surface area contributed by atoms with Gasteiger partial charge in [-0.1, -0.05) is 0 Å². The van der Waals surface area contributed by atoms with Gasteiger partial charge in [-0.2, -0.15) is 0 Å². The second-order valence-electron chi connectivity index (χ2n) is 2.89. The van der Waals surface area contributed by atoms with Crippen LogP contribution in [-0.4, -0.2) is 12.4 Å². The second-order valence-corrected chi connectivity index (χ2v) is 4.21. The number of Topliss-reactive ketones (excluding diaryl/α,β-unsaturated/α-hetero) is 1. The molecule has 2 nitrogen and oxygen atoms in total. The topological polar surface area (TPSA) is 26.3 Å². The van der Waals surface area contributed by atoms with E-state index in [0.29, 0.717) is 6.61 Å². The molecule has 0 bridgehead atoms. The van der Waals surface area contributed by atoms with E-state index < -0.39 is 0 Å². The predicted molar refractivity (Wildman–Crippen MR) is 54.1 cm³/mol. The van der Waals surface area contributed by atoms with Gasteiger partial charge in [-0.05, 0) is 32.9 Å². The summed E-state index contributed by atoms with van der Waals surface area (Å²) in [5.74, 6) is 0.0729. The Labute approximate surface area is 82.5 Å². The van der Waals surface area contributed by atoms with Crippen molar-refractivity contribution in [3.05, 3.63) is 21.9 Å². The molecule has 0 aliphatic heterocycles. The van der Waals surface area contributed by atoms with Gasteiger partial charge in [0, 0.05) is 16.4 Å². The number of carbonyl (C=O) groups is 1. The lowest BCUT2D eigenvalue weighted by atomic mass is 10.2. The van der Waals surface area contributed by atoms with Gasteiger partial charge < -0.3 is 4.74 Å². The Kier molecular flexibility index (Phi) is 3.63. The van der Waals surface area contributed by atoms with Crippen molar-refractivity contribution in [1.29, 1.82) is 0 Å². The van der Waals surface area contributed by atoms with E-state index in [2.05, 4.69) is 0 Å². The van der Waals surface area contributed by atoms with Crippen molar-refractivity contribution in [3.63, 3.8) is 0 Å². The standard InChI is InChI=1S/C10H14O2S/c1-4-12-10(8(3)11)9-6-5-7(2)13-9/h5-6,10H,4H2,1-3H3. The fourth-order valence-electron chi connectivity index (χ4n) is 1.16. The van der Waals surface area contributed by atoms with Crippen molar-refractivity contribution < 1.29 is 9.53 Å². The third kappa shape index (κ3) is 2.64. The molecule has 0 aliphatic carbocycles. The van der Waals surface area contributed by atoms with Gasteiger partial charge in [-0.25, -0.2) is 0 Å². The van der Waals surface area contributed by atoms with Crippen LogP contribution in [0.1, 0.15) is 29.7 Å². The van der Waals surface area contributed by atoms with E-state index in [9.17, 15) is 4.79 Å². The number of ketones is 1. The number of ether oxygens (including phenoxy) is 1. The van der Waals surface area contributed by atoms with E-state index in [1.807, 2.05) is 26.0 Å². The molecule has 1 heterocycles. The van der Waals surface area contributed by atoms with E-state index in [-0.39, 0.29) is 11.9 Å². The van der Waals surface area contributed by atoms with Gasteiger partial charge in [0.2, 0.25) is 0 Å². The zero-order chi connectivity index (χ0) is 9.84. The highest BCUT2D eigenvalue weighted by atomic mass is 32.1. The van der Waals surface area contributed by atoms with Gasteiger partial charge in [-0.15, -0.1) is 11.3 Å². The molecule has 0 aliphatic rings. The predicted octanol–water partition coefficient (Wildman–Crippen LogP) is 2.72. The summed E-state index contributed by atoms with van der Waals surface area (Å²) in [7, 11) is 0. The van der Waals surface area contributed by atoms with Crippen LogP contribution in [0.4, 0.5) is 0 Å². The Morgan fingerprint density at radius 3 is 2.69 bits per heavy atom. The summed E-state index contributed by atoms with van der Waals surface area (Å²) in [4.78, 5) is 13.4. The molecule has 0 saturated heterocycles. The van der Waals surface area contributed by atoms with Crippen molar-refractivity contribution in [2.45, 2.75) is 26.9 Å². The molecule has 0 N–H and O–H groups in total. The van der Waals surface area contributed by atoms with Crippen LogP contribution in [0.5, 0.6) is 0 Å². The van der Waals surface area contributed by atoms with E-state index in [1.54, 1.807) is 18.3 Å². The second kappa shape index (κ2) is 4.53. The smallest absolute Gasteiger partial charge is 0.163 e. The summed E-state index contributed by atoms with van der Waals surface area (Å²) < 4.78 is 5.36. The molecule has 3 heteroatoms. The van der Waals surface area contributed by atoms with Crippen LogP contribution in [0.15, 0.2) is 12.1 Å². The first-order valence-corrected chi connectivity index (χ1v) is 5.15. The largest absolute Gasteiger partial charge is 0.365 e. The van der Waals surface area contributed by atoms with Crippen LogP contribution in [-0.2, 0) is 9.53 Å². The van der Waals surface area contributed by atoms with Crippen LogP contribution in [0.3, 0.4) is 0 Å². The minimum atomic E-state index is -0.358. The lowest BCUT2D eigenvalue weighted by Crippen LogP contribution is -2.11. The minimum absolute atomic E-state index is 0.0729. The monoisotopic (exact) mass is 198 g/mol. The van der Waals surface area contributed by atoms with E-state index in [1.165, 1.54) is 4.88 Å². The molecule has 0 radical (unpaired) electrons. The molecule has 1 rings (SSSR count). The van der Waals surface area contributed by atoms with Gasteiger partial charge in [0.15, 0.2) is 5.78 Å². The summed E-state index contributed by atoms with van der Waals surface area (Å²) in [6.45, 7) is 6.06. The molecule has 1 atom stereocenters. The summed E-state index contributed by atoms with van der Waals surface area (Å²) >= 11 is 1.62. The first-order chi connectivity index (χ1) is 6.15. The number of aryl methyl sites for hydroxylation is 1. The zero-order valence-corrected chi connectivity index (χ0v) is 8.98. The van der Waals surface area contributed by atoms with Crippen molar-refractivity contribution in [2.75, 3.05) is 6.61 Å². The Hall–Kier alpha value is -0.670. The van der Waals surface area contributed by atoms with Crippen LogP contribution >= 0.6 is 11.3 Å². The third-order valence-corrected chi connectivity index (χ3v) is 2.77. The van der Waals surface area contributed by atoms with Gasteiger partial charge in [-0.3, -0.25) is 4.79 Å². The normalized spacial score (nSPS) is 12.8.